The molecule has 2 aromatic carbocycles. The van der Waals surface area contributed by atoms with Crippen molar-refractivity contribution in [1.82, 2.24) is 0 Å². The molecule has 18 heavy (non-hydrogen) atoms. The van der Waals surface area contributed by atoms with Crippen molar-refractivity contribution in [2.75, 3.05) is 0 Å². The van der Waals surface area contributed by atoms with Crippen LogP contribution in [-0.2, 0) is 0 Å². The Morgan fingerprint density at radius 1 is 1.06 bits per heavy atom. The predicted octanol–water partition coefficient (Wildman–Crippen LogP) is 3.24. The second-order valence-electron chi connectivity index (χ2n) is 3.67. The molecule has 2 rings (SSSR count). The highest BCUT2D eigenvalue weighted by molar-refractivity contribution is 6.38. The number of aromatic hydroxyl groups is 1. The molecule has 0 unspecified atom stereocenters. The first-order valence-corrected chi connectivity index (χ1v) is 5.89. The van der Waals surface area contributed by atoms with Gasteiger partial charge in [-0.1, -0.05) is 28.7 Å². The van der Waals surface area contributed by atoms with E-state index in [4.69, 9.17) is 31.0 Å². The maximum absolute atomic E-state index is 9.75. The number of phenolic OH excluding ortho intramolecular Hbond substituents is 1. The minimum atomic E-state index is -0.0305. The average molecular weight is 276 g/mol. The highest BCUT2D eigenvalue weighted by Crippen LogP contribution is 2.20. The van der Waals surface area contributed by atoms with Crippen LogP contribution in [0.25, 0.3) is 0 Å². The zero-order valence-electron chi connectivity index (χ0n) is 9.27. The van der Waals surface area contributed by atoms with Crippen LogP contribution in [0, 0.1) is 0 Å². The molecule has 0 aliphatic rings. The highest BCUT2D eigenvalue weighted by Gasteiger charge is 2.03. The molecule has 0 amide bonds. The largest absolute Gasteiger partial charge is 0.508 e. The van der Waals surface area contributed by atoms with Crippen molar-refractivity contribution in [1.29, 1.82) is 0 Å². The molecule has 0 atom stereocenters. The summed E-state index contributed by atoms with van der Waals surface area (Å²) in [6.07, 6.45) is 1.50. The summed E-state index contributed by atoms with van der Waals surface area (Å²) < 4.78 is 0. The number of nitrogens with zero attached hydrogens (tertiary/aromatic N) is 1. The number of aliphatic imine (C=N–C) groups is 1. The lowest BCUT2D eigenvalue weighted by atomic mass is 9.93. The van der Waals surface area contributed by atoms with E-state index in [1.54, 1.807) is 30.3 Å². The summed E-state index contributed by atoms with van der Waals surface area (Å²) >= 11 is 11.6. The van der Waals surface area contributed by atoms with Crippen LogP contribution >= 0.6 is 23.2 Å². The molecule has 2 aromatic rings. The van der Waals surface area contributed by atoms with Crippen LogP contribution < -0.4 is 5.46 Å². The van der Waals surface area contributed by atoms with Gasteiger partial charge in [-0.25, -0.2) is 0 Å². The first-order chi connectivity index (χ1) is 8.56. The molecule has 0 heterocycles. The fraction of sp³-hybridized carbons (Fsp3) is 0. The number of halogens is 2. The molecule has 0 aromatic heterocycles. The third kappa shape index (κ3) is 3.06. The van der Waals surface area contributed by atoms with Gasteiger partial charge >= 0.3 is 0 Å². The third-order valence-corrected chi connectivity index (χ3v) is 2.78. The van der Waals surface area contributed by atoms with Gasteiger partial charge in [0, 0.05) is 21.8 Å². The number of benzene rings is 2. The van der Waals surface area contributed by atoms with Gasteiger partial charge in [0.25, 0.3) is 0 Å². The number of hydrogen-bond donors (Lipinski definition) is 1. The van der Waals surface area contributed by atoms with Crippen molar-refractivity contribution in [3.8, 4) is 5.75 Å². The Morgan fingerprint density at radius 3 is 2.39 bits per heavy atom. The Kier molecular flexibility index (Phi) is 3.95. The normalized spacial score (nSPS) is 11.0. The van der Waals surface area contributed by atoms with Crippen LogP contribution in [0.3, 0.4) is 0 Å². The van der Waals surface area contributed by atoms with E-state index in [0.717, 1.165) is 5.69 Å². The van der Waals surface area contributed by atoms with Gasteiger partial charge in [0.1, 0.15) is 13.6 Å². The monoisotopic (exact) mass is 275 g/mol. The summed E-state index contributed by atoms with van der Waals surface area (Å²) in [6, 6.07) is 10.1. The van der Waals surface area contributed by atoms with Gasteiger partial charge in [-0.15, -0.1) is 0 Å². The van der Waals surface area contributed by atoms with Gasteiger partial charge in [-0.05, 0) is 36.4 Å². The fourth-order valence-electron chi connectivity index (χ4n) is 1.41. The van der Waals surface area contributed by atoms with Crippen LogP contribution in [0.4, 0.5) is 5.69 Å². The van der Waals surface area contributed by atoms with E-state index in [-0.39, 0.29) is 11.2 Å². The van der Waals surface area contributed by atoms with E-state index >= 15 is 0 Å². The molecule has 0 bridgehead atoms. The van der Waals surface area contributed by atoms with Crippen molar-refractivity contribution in [2.24, 2.45) is 4.99 Å². The molecule has 0 fully saturated rings. The number of hydrogen-bond acceptors (Lipinski definition) is 2. The maximum atomic E-state index is 9.75. The van der Waals surface area contributed by atoms with Gasteiger partial charge in [0.2, 0.25) is 0 Å². The summed E-state index contributed by atoms with van der Waals surface area (Å²) in [4.78, 5) is 4.20. The minimum absolute atomic E-state index is 0.0305. The Bertz CT molecular complexity index is 597. The topological polar surface area (TPSA) is 32.6 Å². The Labute approximate surface area is 116 Å². The molecule has 0 aliphatic carbocycles. The van der Waals surface area contributed by atoms with Gasteiger partial charge in [-0.2, -0.15) is 0 Å². The zero-order chi connectivity index (χ0) is 13.1. The first-order valence-electron chi connectivity index (χ1n) is 5.14. The molecule has 1 N–H and O–H groups in total. The lowest BCUT2D eigenvalue weighted by molar-refractivity contribution is 0.479. The van der Waals surface area contributed by atoms with Crippen molar-refractivity contribution in [3.05, 3.63) is 52.0 Å². The average Bonchev–Trinajstić information content (AvgIpc) is 2.34. The Morgan fingerprint density at radius 2 is 1.72 bits per heavy atom. The first kappa shape index (κ1) is 13.0. The SMILES string of the molecule is [B]c1cc(Cl)cc(C=Nc2ccc(Cl)cc2)c1O. The fourth-order valence-corrected chi connectivity index (χ4v) is 1.77. The molecule has 0 saturated carbocycles. The summed E-state index contributed by atoms with van der Waals surface area (Å²) in [7, 11) is 5.60. The maximum Gasteiger partial charge on any atom is 0.119 e. The quantitative estimate of drug-likeness (QED) is 0.662. The minimum Gasteiger partial charge on any atom is -0.508 e. The molecule has 0 aliphatic heterocycles. The summed E-state index contributed by atoms with van der Waals surface area (Å²) in [5.74, 6) is -0.0305. The van der Waals surface area contributed by atoms with Crippen LogP contribution in [-0.4, -0.2) is 19.2 Å². The number of phenols is 1. The van der Waals surface area contributed by atoms with Gasteiger partial charge in [0.15, 0.2) is 0 Å². The van der Waals surface area contributed by atoms with Crippen molar-refractivity contribution in [2.45, 2.75) is 0 Å². The molecule has 0 spiro atoms. The van der Waals surface area contributed by atoms with Gasteiger partial charge in [-0.3, -0.25) is 4.99 Å². The molecule has 5 heteroatoms. The van der Waals surface area contributed by atoms with E-state index in [0.29, 0.717) is 15.6 Å². The predicted molar refractivity (Wildman–Crippen MR) is 77.2 cm³/mol. The lowest BCUT2D eigenvalue weighted by Crippen LogP contribution is -2.04. The van der Waals surface area contributed by atoms with Crippen LogP contribution in [0.2, 0.25) is 10.0 Å². The van der Waals surface area contributed by atoms with Crippen LogP contribution in [0.5, 0.6) is 5.75 Å². The standard InChI is InChI=1S/C13H8BCl2NO/c14-12-6-10(16)5-8(13(12)18)7-17-11-3-1-9(15)2-4-11/h1-7,18H. The van der Waals surface area contributed by atoms with Gasteiger partial charge < -0.3 is 5.11 Å². The lowest BCUT2D eigenvalue weighted by Gasteiger charge is -2.04. The summed E-state index contributed by atoms with van der Waals surface area (Å²) in [6.45, 7) is 0. The van der Waals surface area contributed by atoms with Crippen LogP contribution in [0.1, 0.15) is 5.56 Å². The van der Waals surface area contributed by atoms with E-state index < -0.39 is 0 Å². The molecular formula is C13H8BCl2NO. The molecule has 88 valence electrons. The van der Waals surface area contributed by atoms with E-state index in [1.165, 1.54) is 12.3 Å². The molecular weight excluding hydrogens is 268 g/mol. The molecule has 2 nitrogen and oxygen atoms in total. The van der Waals surface area contributed by atoms with Crippen molar-refractivity contribution >= 4 is 48.4 Å². The molecule has 0 saturated heterocycles. The smallest absolute Gasteiger partial charge is 0.119 e. The van der Waals surface area contributed by atoms with Crippen LogP contribution in [0.15, 0.2) is 41.4 Å². The van der Waals surface area contributed by atoms with Crippen molar-refractivity contribution < 1.29 is 5.11 Å². The van der Waals surface area contributed by atoms with E-state index in [9.17, 15) is 5.11 Å². The van der Waals surface area contributed by atoms with E-state index in [1.807, 2.05) is 0 Å². The summed E-state index contributed by atoms with van der Waals surface area (Å²) in [5.41, 5.74) is 1.41. The van der Waals surface area contributed by atoms with Gasteiger partial charge in [0.05, 0.1) is 5.69 Å². The van der Waals surface area contributed by atoms with Crippen molar-refractivity contribution in [3.63, 3.8) is 0 Å². The second kappa shape index (κ2) is 5.47. The molecule has 2 radical (unpaired) electrons. The Hall–Kier alpha value is -1.45. The highest BCUT2D eigenvalue weighted by atomic mass is 35.5. The number of rotatable bonds is 2. The van der Waals surface area contributed by atoms with E-state index in [2.05, 4.69) is 4.99 Å². The third-order valence-electron chi connectivity index (χ3n) is 2.31. The summed E-state index contributed by atoms with van der Waals surface area (Å²) in [5, 5.41) is 10.8. The zero-order valence-corrected chi connectivity index (χ0v) is 10.8. The Balaban J connectivity index is 2.31. The second-order valence-corrected chi connectivity index (χ2v) is 4.54.